The summed E-state index contributed by atoms with van der Waals surface area (Å²) in [6.07, 6.45) is 3.52. The highest BCUT2D eigenvalue weighted by Gasteiger charge is 2.06. The van der Waals surface area contributed by atoms with Crippen molar-refractivity contribution in [2.75, 3.05) is 0 Å². The van der Waals surface area contributed by atoms with Crippen molar-refractivity contribution < 1.29 is 5.21 Å². The largest absolute Gasteiger partial charge is 0.411 e. The second-order valence-electron chi connectivity index (χ2n) is 2.58. The topological polar surface area (TPSA) is 71.0 Å². The highest BCUT2D eigenvalue weighted by atomic mass is 16.4. The van der Waals surface area contributed by atoms with Crippen molar-refractivity contribution in [2.24, 2.45) is 16.1 Å². The second-order valence-corrected chi connectivity index (χ2v) is 2.58. The van der Waals surface area contributed by atoms with Gasteiger partial charge in [-0.1, -0.05) is 25.4 Å². The van der Waals surface area contributed by atoms with Gasteiger partial charge in [-0.15, -0.1) is 0 Å². The maximum Gasteiger partial charge on any atom is 0.103 e. The smallest absolute Gasteiger partial charge is 0.103 e. The molecule has 0 bridgehead atoms. The summed E-state index contributed by atoms with van der Waals surface area (Å²) < 4.78 is 0. The third kappa shape index (κ3) is 3.37. The molecule has 0 amide bonds. The Bertz CT molecular complexity index is 175. The van der Waals surface area contributed by atoms with Crippen LogP contribution in [0.15, 0.2) is 10.3 Å². The summed E-state index contributed by atoms with van der Waals surface area (Å²) in [5.74, 6) is 5.13. The van der Waals surface area contributed by atoms with Gasteiger partial charge in [0.1, 0.15) is 5.71 Å². The molecule has 0 heterocycles. The molecule has 4 heteroatoms. The first-order valence-electron chi connectivity index (χ1n) is 4.28. The zero-order valence-electron chi connectivity index (χ0n) is 7.75. The van der Waals surface area contributed by atoms with Gasteiger partial charge in [0.2, 0.25) is 0 Å². The molecule has 0 saturated carbocycles. The highest BCUT2D eigenvalue weighted by molar-refractivity contribution is 6.42. The van der Waals surface area contributed by atoms with Crippen molar-refractivity contribution in [1.82, 2.24) is 0 Å². The lowest BCUT2D eigenvalue weighted by Gasteiger charge is -2.03. The van der Waals surface area contributed by atoms with Crippen molar-refractivity contribution in [3.8, 4) is 0 Å². The zero-order valence-corrected chi connectivity index (χ0v) is 7.75. The molecule has 70 valence electrons. The van der Waals surface area contributed by atoms with Crippen LogP contribution < -0.4 is 5.84 Å². The standard InChI is InChI=1S/C8H17N3O/c1-3-5-6-8(11-12)7(4-2)10-9/h12H,3-6,9H2,1-2H3. The van der Waals surface area contributed by atoms with Gasteiger partial charge in [0.05, 0.1) is 5.71 Å². The minimum absolute atomic E-state index is 0.613. The van der Waals surface area contributed by atoms with Gasteiger partial charge >= 0.3 is 0 Å². The van der Waals surface area contributed by atoms with Gasteiger partial charge in [-0.25, -0.2) is 0 Å². The number of hydrazone groups is 1. The van der Waals surface area contributed by atoms with Crippen LogP contribution in [0.3, 0.4) is 0 Å². The van der Waals surface area contributed by atoms with Crippen molar-refractivity contribution >= 4 is 11.4 Å². The number of nitrogens with two attached hydrogens (primary N) is 1. The number of nitrogens with zero attached hydrogens (tertiary/aromatic N) is 2. The summed E-state index contributed by atoms with van der Waals surface area (Å²) in [6.45, 7) is 4.02. The molecule has 0 saturated heterocycles. The molecule has 0 aromatic carbocycles. The van der Waals surface area contributed by atoms with Crippen molar-refractivity contribution in [3.63, 3.8) is 0 Å². The first-order valence-corrected chi connectivity index (χ1v) is 4.28. The SMILES string of the molecule is CCCCC(=NO)C(CC)=NN. The van der Waals surface area contributed by atoms with Gasteiger partial charge in [-0.3, -0.25) is 0 Å². The lowest BCUT2D eigenvalue weighted by molar-refractivity contribution is 0.318. The van der Waals surface area contributed by atoms with Crippen LogP contribution in [-0.2, 0) is 0 Å². The molecule has 3 N–H and O–H groups in total. The van der Waals surface area contributed by atoms with E-state index in [1.807, 2.05) is 6.92 Å². The molecular weight excluding hydrogens is 154 g/mol. The predicted molar refractivity (Wildman–Crippen MR) is 50.7 cm³/mol. The first kappa shape index (κ1) is 10.9. The Morgan fingerprint density at radius 2 is 2.00 bits per heavy atom. The van der Waals surface area contributed by atoms with Crippen LogP contribution in [0, 0.1) is 0 Å². The minimum atomic E-state index is 0.613. The molecule has 0 rings (SSSR count). The first-order chi connectivity index (χ1) is 5.79. The quantitative estimate of drug-likeness (QED) is 0.286. The monoisotopic (exact) mass is 171 g/mol. The van der Waals surface area contributed by atoms with E-state index in [4.69, 9.17) is 11.0 Å². The van der Waals surface area contributed by atoms with E-state index in [1.54, 1.807) is 0 Å². The van der Waals surface area contributed by atoms with E-state index >= 15 is 0 Å². The fraction of sp³-hybridized carbons (Fsp3) is 0.750. The zero-order chi connectivity index (χ0) is 9.40. The average molecular weight is 171 g/mol. The molecular formula is C8H17N3O. The minimum Gasteiger partial charge on any atom is -0.411 e. The van der Waals surface area contributed by atoms with Crippen LogP contribution in [0.5, 0.6) is 0 Å². The summed E-state index contributed by atoms with van der Waals surface area (Å²) >= 11 is 0. The van der Waals surface area contributed by atoms with Crippen LogP contribution in [0.1, 0.15) is 39.5 Å². The number of rotatable bonds is 5. The lowest BCUT2D eigenvalue weighted by Crippen LogP contribution is -2.15. The van der Waals surface area contributed by atoms with Crippen LogP contribution in [0.4, 0.5) is 0 Å². The Balaban J connectivity index is 4.15. The molecule has 0 aliphatic rings. The number of hydrogen-bond acceptors (Lipinski definition) is 4. The van der Waals surface area contributed by atoms with Gasteiger partial charge in [0, 0.05) is 0 Å². The third-order valence-electron chi connectivity index (χ3n) is 1.71. The normalized spacial score (nSPS) is 13.5. The van der Waals surface area contributed by atoms with Gasteiger partial charge in [-0.2, -0.15) is 5.10 Å². The molecule has 0 aromatic rings. The van der Waals surface area contributed by atoms with Crippen LogP contribution in [0.25, 0.3) is 0 Å². The molecule has 0 atom stereocenters. The number of oxime groups is 1. The Labute approximate surface area is 73.1 Å². The molecule has 0 aliphatic heterocycles. The third-order valence-corrected chi connectivity index (χ3v) is 1.71. The van der Waals surface area contributed by atoms with Crippen LogP contribution in [0.2, 0.25) is 0 Å². The molecule has 0 aromatic heterocycles. The Kier molecular flexibility index (Phi) is 6.05. The molecule has 0 aliphatic carbocycles. The van der Waals surface area contributed by atoms with E-state index in [1.165, 1.54) is 0 Å². The predicted octanol–water partition coefficient (Wildman–Crippen LogP) is 1.73. The lowest BCUT2D eigenvalue weighted by atomic mass is 10.1. The summed E-state index contributed by atoms with van der Waals surface area (Å²) in [7, 11) is 0. The number of hydrogen-bond donors (Lipinski definition) is 2. The maximum absolute atomic E-state index is 8.64. The molecule has 0 fully saturated rings. The molecule has 0 spiro atoms. The van der Waals surface area contributed by atoms with E-state index in [-0.39, 0.29) is 0 Å². The maximum atomic E-state index is 8.64. The Morgan fingerprint density at radius 3 is 2.33 bits per heavy atom. The summed E-state index contributed by atoms with van der Waals surface area (Å²) in [6, 6.07) is 0. The van der Waals surface area contributed by atoms with Crippen LogP contribution >= 0.6 is 0 Å². The summed E-state index contributed by atoms with van der Waals surface area (Å²) in [4.78, 5) is 0. The van der Waals surface area contributed by atoms with Crippen LogP contribution in [-0.4, -0.2) is 16.6 Å². The molecule has 0 unspecified atom stereocenters. The van der Waals surface area contributed by atoms with E-state index in [0.717, 1.165) is 19.3 Å². The highest BCUT2D eigenvalue weighted by Crippen LogP contribution is 2.00. The van der Waals surface area contributed by atoms with Gasteiger partial charge in [-0.05, 0) is 19.3 Å². The molecule has 4 nitrogen and oxygen atoms in total. The Morgan fingerprint density at radius 1 is 1.33 bits per heavy atom. The molecule has 0 radical (unpaired) electrons. The van der Waals surface area contributed by atoms with E-state index < -0.39 is 0 Å². The van der Waals surface area contributed by atoms with E-state index in [0.29, 0.717) is 17.8 Å². The average Bonchev–Trinajstić information content (AvgIpc) is 2.12. The fourth-order valence-corrected chi connectivity index (χ4v) is 0.966. The summed E-state index contributed by atoms with van der Waals surface area (Å²) in [5.41, 5.74) is 1.30. The van der Waals surface area contributed by atoms with Crippen molar-refractivity contribution in [1.29, 1.82) is 0 Å². The van der Waals surface area contributed by atoms with Gasteiger partial charge in [0.25, 0.3) is 0 Å². The second kappa shape index (κ2) is 6.64. The fourth-order valence-electron chi connectivity index (χ4n) is 0.966. The molecule has 12 heavy (non-hydrogen) atoms. The van der Waals surface area contributed by atoms with Gasteiger partial charge in [0.15, 0.2) is 0 Å². The number of unbranched alkanes of at least 4 members (excludes halogenated alkanes) is 1. The van der Waals surface area contributed by atoms with E-state index in [9.17, 15) is 0 Å². The summed E-state index contributed by atoms with van der Waals surface area (Å²) in [5, 5.41) is 15.4. The Hall–Kier alpha value is -1.06. The van der Waals surface area contributed by atoms with E-state index in [2.05, 4.69) is 17.2 Å². The van der Waals surface area contributed by atoms with Crippen molar-refractivity contribution in [2.45, 2.75) is 39.5 Å². The van der Waals surface area contributed by atoms with Crippen molar-refractivity contribution in [3.05, 3.63) is 0 Å². The van der Waals surface area contributed by atoms with Gasteiger partial charge < -0.3 is 11.0 Å².